The zero-order chi connectivity index (χ0) is 38.1. The van der Waals surface area contributed by atoms with Crippen LogP contribution < -0.4 is 5.32 Å². The number of carboxylic acids is 1. The summed E-state index contributed by atoms with van der Waals surface area (Å²) in [6.07, 6.45) is 7.48. The third-order valence-electron chi connectivity index (χ3n) is 13.3. The van der Waals surface area contributed by atoms with E-state index in [1.165, 1.54) is 0 Å². The summed E-state index contributed by atoms with van der Waals surface area (Å²) in [5.74, 6) is -0.527. The monoisotopic (exact) mass is 733 g/mol. The van der Waals surface area contributed by atoms with Gasteiger partial charge in [0.1, 0.15) is 0 Å². The van der Waals surface area contributed by atoms with E-state index in [0.717, 1.165) is 122 Å². The fourth-order valence-electron chi connectivity index (χ4n) is 9.97. The van der Waals surface area contributed by atoms with Gasteiger partial charge < -0.3 is 19.6 Å². The molecular weight excluding hydrogens is 682 g/mol. The fraction of sp³-hybridized carbons (Fsp3) is 0.488. The Balaban J connectivity index is 0.996. The summed E-state index contributed by atoms with van der Waals surface area (Å²) in [4.78, 5) is 40.0. The van der Waals surface area contributed by atoms with E-state index < -0.39 is 11.4 Å². The van der Waals surface area contributed by atoms with Gasteiger partial charge in [0.2, 0.25) is 0 Å². The number of carbonyl (C=O) groups is 2. The van der Waals surface area contributed by atoms with Gasteiger partial charge in [-0.15, -0.1) is 0 Å². The summed E-state index contributed by atoms with van der Waals surface area (Å²) in [6.45, 7) is 12.5. The van der Waals surface area contributed by atoms with E-state index in [0.29, 0.717) is 29.9 Å². The first-order valence-corrected chi connectivity index (χ1v) is 19.5. The molecule has 10 nitrogen and oxygen atoms in total. The van der Waals surface area contributed by atoms with E-state index >= 15 is 4.39 Å². The maximum absolute atomic E-state index is 16.2. The molecule has 2 bridgehead atoms. The van der Waals surface area contributed by atoms with Crippen molar-refractivity contribution in [3.05, 3.63) is 87.5 Å². The minimum absolute atomic E-state index is 0.0687. The SMILES string of the molecule is Cc1c(/C=C(\F)c2nc3c(n2C)CCN(CC24CCC(C(=O)O)(CC2)C4)C3)cccc1-c1cccc(NC(=O)c2nc3c(n2C)CCN(C(C)C)C3)c1C. The number of aliphatic carboxylic acids is 1. The summed E-state index contributed by atoms with van der Waals surface area (Å²) in [7, 11) is 3.81. The Labute approximate surface area is 317 Å². The molecular formula is C43H52FN7O3. The van der Waals surface area contributed by atoms with Crippen molar-refractivity contribution in [1.29, 1.82) is 0 Å². The zero-order valence-corrected chi connectivity index (χ0v) is 32.4. The van der Waals surface area contributed by atoms with Crippen LogP contribution in [0.3, 0.4) is 0 Å². The number of carboxylic acid groups (broad SMARTS) is 1. The maximum Gasteiger partial charge on any atom is 0.309 e. The standard InChI is InChI=1S/C43H52FN7O3/c1-26(2)51-20-14-37-35(23-51)46-39(49(37)6)40(52)47-33-12-8-11-31(28(33)4)30-10-7-9-29(27(30)3)21-32(44)38-45-34-22-50(19-13-36(34)48(38)5)25-42-15-17-43(24-42,18-16-42)41(53)54/h7-12,21,26H,13-20,22-25H2,1-6H3,(H,47,52)(H,53,54)/b32-21-. The van der Waals surface area contributed by atoms with E-state index in [-0.39, 0.29) is 17.1 Å². The molecule has 4 aliphatic rings. The molecule has 0 unspecified atom stereocenters. The average molecular weight is 734 g/mol. The lowest BCUT2D eigenvalue weighted by Crippen LogP contribution is -2.39. The van der Waals surface area contributed by atoms with Crippen LogP contribution in [-0.2, 0) is 44.8 Å². The van der Waals surface area contributed by atoms with E-state index in [1.54, 1.807) is 6.08 Å². The summed E-state index contributed by atoms with van der Waals surface area (Å²) in [6, 6.07) is 12.2. The first kappa shape index (κ1) is 36.4. The summed E-state index contributed by atoms with van der Waals surface area (Å²) >= 11 is 0. The number of aromatic nitrogens is 4. The molecule has 2 saturated carbocycles. The zero-order valence-electron chi connectivity index (χ0n) is 32.4. The van der Waals surface area contributed by atoms with Crippen molar-refractivity contribution in [3.8, 4) is 11.1 Å². The average Bonchev–Trinajstić information content (AvgIpc) is 3.90. The third-order valence-corrected chi connectivity index (χ3v) is 13.3. The minimum Gasteiger partial charge on any atom is -0.481 e. The van der Waals surface area contributed by atoms with Crippen LogP contribution in [0, 0.1) is 24.7 Å². The van der Waals surface area contributed by atoms with Gasteiger partial charge in [0.25, 0.3) is 5.91 Å². The molecule has 0 spiro atoms. The Morgan fingerprint density at radius 2 is 1.52 bits per heavy atom. The lowest BCUT2D eigenvalue weighted by atomic mass is 9.81. The Morgan fingerprint density at radius 1 is 0.889 bits per heavy atom. The van der Waals surface area contributed by atoms with Crippen LogP contribution >= 0.6 is 0 Å². The van der Waals surface area contributed by atoms with E-state index in [4.69, 9.17) is 9.97 Å². The molecule has 0 radical (unpaired) electrons. The number of imidazole rings is 2. The third kappa shape index (κ3) is 6.19. The molecule has 0 saturated heterocycles. The van der Waals surface area contributed by atoms with Crippen molar-refractivity contribution < 1.29 is 19.1 Å². The Morgan fingerprint density at radius 3 is 2.20 bits per heavy atom. The van der Waals surface area contributed by atoms with Crippen LogP contribution in [0.25, 0.3) is 23.0 Å². The quantitative estimate of drug-likeness (QED) is 0.186. The molecule has 2 aromatic heterocycles. The van der Waals surface area contributed by atoms with Crippen molar-refractivity contribution >= 4 is 29.5 Å². The van der Waals surface area contributed by atoms with Gasteiger partial charge in [-0.2, -0.15) is 0 Å². The van der Waals surface area contributed by atoms with Crippen molar-refractivity contribution in [2.24, 2.45) is 24.9 Å². The van der Waals surface area contributed by atoms with Crippen molar-refractivity contribution in [2.45, 2.75) is 91.8 Å². The van der Waals surface area contributed by atoms with Gasteiger partial charge in [-0.1, -0.05) is 30.3 Å². The van der Waals surface area contributed by atoms with Gasteiger partial charge in [0.15, 0.2) is 17.5 Å². The number of halogens is 1. The second kappa shape index (κ2) is 13.6. The Bertz CT molecular complexity index is 2190. The maximum atomic E-state index is 16.2. The van der Waals surface area contributed by atoms with Gasteiger partial charge >= 0.3 is 5.97 Å². The number of rotatable bonds is 9. The molecule has 8 rings (SSSR count). The Kier molecular flexibility index (Phi) is 9.16. The smallest absolute Gasteiger partial charge is 0.309 e. The highest BCUT2D eigenvalue weighted by Gasteiger charge is 2.58. The van der Waals surface area contributed by atoms with E-state index in [2.05, 4.69) is 29.0 Å². The summed E-state index contributed by atoms with van der Waals surface area (Å²) in [5, 5.41) is 13.0. The first-order chi connectivity index (χ1) is 25.8. The highest BCUT2D eigenvalue weighted by Crippen LogP contribution is 2.62. The topological polar surface area (TPSA) is 109 Å². The number of hydrogen-bond donors (Lipinski definition) is 2. The highest BCUT2D eigenvalue weighted by atomic mass is 19.1. The van der Waals surface area contributed by atoms with Crippen molar-refractivity contribution in [2.75, 3.05) is 25.0 Å². The molecule has 2 fully saturated rings. The predicted octanol–water partition coefficient (Wildman–Crippen LogP) is 7.32. The normalized spacial score (nSPS) is 22.9. The number of anilines is 1. The van der Waals surface area contributed by atoms with E-state index in [9.17, 15) is 14.7 Å². The van der Waals surface area contributed by atoms with Gasteiger partial charge in [0.05, 0.1) is 16.8 Å². The lowest BCUT2D eigenvalue weighted by molar-refractivity contribution is -0.148. The van der Waals surface area contributed by atoms with Crippen molar-refractivity contribution in [1.82, 2.24) is 28.9 Å². The molecule has 2 aliphatic carbocycles. The van der Waals surface area contributed by atoms with E-state index in [1.807, 2.05) is 73.5 Å². The van der Waals surface area contributed by atoms with Crippen LogP contribution in [0.5, 0.6) is 0 Å². The molecule has 284 valence electrons. The van der Waals surface area contributed by atoms with Gasteiger partial charge in [0, 0.05) is 82.8 Å². The Hall–Kier alpha value is -4.61. The van der Waals surface area contributed by atoms with Crippen LogP contribution in [-0.4, -0.2) is 71.6 Å². The van der Waals surface area contributed by atoms with Crippen LogP contribution in [0.15, 0.2) is 36.4 Å². The van der Waals surface area contributed by atoms with Gasteiger partial charge in [-0.3, -0.25) is 19.4 Å². The molecule has 4 heterocycles. The molecule has 11 heteroatoms. The lowest BCUT2D eigenvalue weighted by Gasteiger charge is -2.35. The number of amides is 1. The molecule has 2 aliphatic heterocycles. The van der Waals surface area contributed by atoms with Gasteiger partial charge in [-0.05, 0) is 105 Å². The fourth-order valence-corrected chi connectivity index (χ4v) is 9.97. The predicted molar refractivity (Wildman–Crippen MR) is 209 cm³/mol. The summed E-state index contributed by atoms with van der Waals surface area (Å²) in [5.41, 5.74) is 8.84. The molecule has 54 heavy (non-hydrogen) atoms. The molecule has 1 amide bonds. The number of fused-ring (bicyclic) bond motifs is 4. The van der Waals surface area contributed by atoms with Crippen LogP contribution in [0.4, 0.5) is 10.1 Å². The summed E-state index contributed by atoms with van der Waals surface area (Å²) < 4.78 is 20.0. The number of carbonyl (C=O) groups excluding carboxylic acids is 1. The van der Waals surface area contributed by atoms with Gasteiger partial charge in [-0.25, -0.2) is 14.4 Å². The molecule has 0 atom stereocenters. The second-order valence-corrected chi connectivity index (χ2v) is 16.8. The molecule has 2 aromatic carbocycles. The van der Waals surface area contributed by atoms with Crippen LogP contribution in [0.1, 0.15) is 102 Å². The largest absolute Gasteiger partial charge is 0.481 e. The highest BCUT2D eigenvalue weighted by molar-refractivity contribution is 6.03. The molecule has 2 N–H and O–H groups in total. The number of nitrogens with one attached hydrogen (secondary N) is 1. The van der Waals surface area contributed by atoms with Crippen molar-refractivity contribution in [3.63, 3.8) is 0 Å². The first-order valence-electron chi connectivity index (χ1n) is 19.5. The van der Waals surface area contributed by atoms with Crippen LogP contribution in [0.2, 0.25) is 0 Å². The second-order valence-electron chi connectivity index (χ2n) is 16.8. The number of nitrogens with zero attached hydrogens (tertiary/aromatic N) is 6. The number of hydrogen-bond acceptors (Lipinski definition) is 6. The number of benzene rings is 2. The molecule has 4 aromatic rings. The minimum atomic E-state index is -0.634.